The van der Waals surface area contributed by atoms with Gasteiger partial charge in [-0.05, 0) is 45.0 Å². The van der Waals surface area contributed by atoms with Crippen molar-refractivity contribution in [3.8, 4) is 5.75 Å². The van der Waals surface area contributed by atoms with Crippen LogP contribution in [0, 0.1) is 11.6 Å². The lowest BCUT2D eigenvalue weighted by atomic mass is 9.99. The van der Waals surface area contributed by atoms with E-state index in [0.29, 0.717) is 42.4 Å². The van der Waals surface area contributed by atoms with E-state index in [0.717, 1.165) is 17.7 Å². The summed E-state index contributed by atoms with van der Waals surface area (Å²) >= 11 is 1.21. The number of piperidine rings is 1. The maximum absolute atomic E-state index is 13.5. The lowest BCUT2D eigenvalue weighted by Gasteiger charge is -2.36. The van der Waals surface area contributed by atoms with E-state index in [9.17, 15) is 18.4 Å². The Bertz CT molecular complexity index is 1280. The van der Waals surface area contributed by atoms with Gasteiger partial charge < -0.3 is 19.7 Å². The first-order valence-corrected chi connectivity index (χ1v) is 13.2. The molecule has 2 aromatic rings. The van der Waals surface area contributed by atoms with E-state index in [1.165, 1.54) is 17.8 Å². The number of anilines is 1. The number of methoxy groups -OCH3 is 1. The molecule has 8 nitrogen and oxygen atoms in total. The molecule has 202 valence electrons. The summed E-state index contributed by atoms with van der Waals surface area (Å²) in [6.45, 7) is 6.35. The first-order valence-electron chi connectivity index (χ1n) is 12.2. The molecule has 11 heteroatoms. The number of carbonyl (C=O) groups excluding carboxylic acids is 2. The summed E-state index contributed by atoms with van der Waals surface area (Å²) in [7, 11) is 1.58. The maximum Gasteiger partial charge on any atom is 0.410 e. The minimum absolute atomic E-state index is 0.0130. The van der Waals surface area contributed by atoms with Gasteiger partial charge in [-0.25, -0.2) is 18.6 Å². The largest absolute Gasteiger partial charge is 0.497 e. The van der Waals surface area contributed by atoms with Crippen LogP contribution in [-0.4, -0.2) is 64.9 Å². The molecule has 0 aliphatic carbocycles. The number of halogens is 2. The van der Waals surface area contributed by atoms with Crippen LogP contribution in [0.2, 0.25) is 0 Å². The fourth-order valence-corrected chi connectivity index (χ4v) is 4.96. The predicted molar refractivity (Wildman–Crippen MR) is 144 cm³/mol. The molecule has 1 spiro atoms. The van der Waals surface area contributed by atoms with E-state index in [-0.39, 0.29) is 17.5 Å². The number of aliphatic imine (C=N–C) groups is 2. The quantitative estimate of drug-likeness (QED) is 0.554. The molecule has 2 heterocycles. The van der Waals surface area contributed by atoms with Crippen molar-refractivity contribution in [2.24, 2.45) is 9.98 Å². The Morgan fingerprint density at radius 3 is 2.47 bits per heavy atom. The van der Waals surface area contributed by atoms with Crippen molar-refractivity contribution in [1.29, 1.82) is 0 Å². The predicted octanol–water partition coefficient (Wildman–Crippen LogP) is 5.27. The summed E-state index contributed by atoms with van der Waals surface area (Å²) in [4.78, 5) is 36.7. The lowest BCUT2D eigenvalue weighted by molar-refractivity contribution is -0.113. The summed E-state index contributed by atoms with van der Waals surface area (Å²) in [6, 6.07) is 10.6. The number of ether oxygens (including phenoxy) is 2. The molecule has 0 aromatic heterocycles. The van der Waals surface area contributed by atoms with Crippen LogP contribution in [0.25, 0.3) is 0 Å². The van der Waals surface area contributed by atoms with E-state index < -0.39 is 28.8 Å². The zero-order valence-corrected chi connectivity index (χ0v) is 22.5. The van der Waals surface area contributed by atoms with E-state index in [4.69, 9.17) is 19.5 Å². The molecule has 1 saturated heterocycles. The lowest BCUT2D eigenvalue weighted by Crippen LogP contribution is -2.46. The number of amides is 2. The van der Waals surface area contributed by atoms with Crippen LogP contribution in [-0.2, 0) is 9.53 Å². The number of benzene rings is 2. The highest BCUT2D eigenvalue weighted by Gasteiger charge is 2.41. The molecule has 2 amide bonds. The van der Waals surface area contributed by atoms with Crippen LogP contribution in [0.4, 0.5) is 19.3 Å². The molecular weight excluding hydrogens is 514 g/mol. The first kappa shape index (κ1) is 27.6. The number of nitrogens with zero attached hydrogens (tertiary/aromatic N) is 3. The smallest absolute Gasteiger partial charge is 0.410 e. The van der Waals surface area contributed by atoms with E-state index in [1.54, 1.807) is 12.0 Å². The topological polar surface area (TPSA) is 92.6 Å². The zero-order valence-electron chi connectivity index (χ0n) is 21.7. The second-order valence-corrected chi connectivity index (χ2v) is 11.0. The Hall–Kier alpha value is -3.47. The molecule has 2 aromatic carbocycles. The average molecular weight is 545 g/mol. The average Bonchev–Trinajstić information content (AvgIpc) is 3.22. The monoisotopic (exact) mass is 544 g/mol. The Labute approximate surface area is 224 Å². The Kier molecular flexibility index (Phi) is 8.05. The van der Waals surface area contributed by atoms with Gasteiger partial charge in [-0.2, -0.15) is 0 Å². The minimum Gasteiger partial charge on any atom is -0.497 e. The summed E-state index contributed by atoms with van der Waals surface area (Å²) in [5.74, 6) is -1.77. The van der Waals surface area contributed by atoms with Gasteiger partial charge in [0.05, 0.1) is 18.6 Å². The van der Waals surface area contributed by atoms with Crippen molar-refractivity contribution in [3.05, 3.63) is 59.7 Å². The van der Waals surface area contributed by atoms with Crippen LogP contribution in [0.15, 0.2) is 52.4 Å². The molecule has 0 atom stereocenters. The van der Waals surface area contributed by atoms with Gasteiger partial charge in [0, 0.05) is 43.2 Å². The van der Waals surface area contributed by atoms with Crippen molar-refractivity contribution in [2.75, 3.05) is 31.3 Å². The Morgan fingerprint density at radius 1 is 1.08 bits per heavy atom. The maximum atomic E-state index is 13.5. The second kappa shape index (κ2) is 11.1. The molecular formula is C27H30F2N4O4S. The van der Waals surface area contributed by atoms with Crippen LogP contribution in [0.5, 0.6) is 5.75 Å². The summed E-state index contributed by atoms with van der Waals surface area (Å²) < 4.78 is 37.6. The van der Waals surface area contributed by atoms with Gasteiger partial charge in [0.25, 0.3) is 0 Å². The normalized spacial score (nSPS) is 16.6. The van der Waals surface area contributed by atoms with Gasteiger partial charge in [0.2, 0.25) is 5.91 Å². The van der Waals surface area contributed by atoms with Crippen molar-refractivity contribution in [3.63, 3.8) is 0 Å². The van der Waals surface area contributed by atoms with E-state index >= 15 is 0 Å². The number of hydrogen-bond donors (Lipinski definition) is 1. The molecule has 0 bridgehead atoms. The SMILES string of the molecule is COc1cccc(C2=NC3(CCN(C(=O)OC(C)(C)C)CC3)N=C2SCC(=O)Nc2ccc(F)c(F)c2)c1. The number of thioether (sulfide) groups is 1. The number of hydrogen-bond acceptors (Lipinski definition) is 7. The molecule has 0 radical (unpaired) electrons. The van der Waals surface area contributed by atoms with Crippen LogP contribution < -0.4 is 10.1 Å². The van der Waals surface area contributed by atoms with Gasteiger partial charge >= 0.3 is 6.09 Å². The van der Waals surface area contributed by atoms with Gasteiger partial charge in [0.1, 0.15) is 16.4 Å². The zero-order chi connectivity index (χ0) is 27.5. The van der Waals surface area contributed by atoms with Crippen molar-refractivity contribution >= 4 is 40.2 Å². The van der Waals surface area contributed by atoms with Crippen molar-refractivity contribution in [1.82, 2.24) is 4.90 Å². The molecule has 4 rings (SSSR count). The first-order chi connectivity index (χ1) is 18.0. The minimum atomic E-state index is -1.04. The van der Waals surface area contributed by atoms with Gasteiger partial charge in [-0.3, -0.25) is 9.79 Å². The van der Waals surface area contributed by atoms with E-state index in [1.807, 2.05) is 45.0 Å². The summed E-state index contributed by atoms with van der Waals surface area (Å²) in [5.41, 5.74) is 0.258. The fourth-order valence-electron chi connectivity index (χ4n) is 4.08. The standard InChI is InChI=1S/C27H30F2N4O4S/c1-26(2,3)37-25(35)33-12-10-27(11-13-33)31-23(17-6-5-7-19(14-17)36-4)24(32-27)38-16-22(34)30-18-8-9-20(28)21(29)15-18/h5-9,14-15H,10-13,16H2,1-4H3,(H,30,34). The molecule has 38 heavy (non-hydrogen) atoms. The van der Waals surface area contributed by atoms with Crippen LogP contribution in [0.1, 0.15) is 39.2 Å². The second-order valence-electron chi connectivity index (χ2n) is 10.0. The highest BCUT2D eigenvalue weighted by molar-refractivity contribution is 8.16. The van der Waals surface area contributed by atoms with Gasteiger partial charge in [-0.15, -0.1) is 0 Å². The summed E-state index contributed by atoms with van der Waals surface area (Å²) in [6.07, 6.45) is 0.644. The molecule has 0 saturated carbocycles. The number of carbonyl (C=O) groups is 2. The van der Waals surface area contributed by atoms with Crippen molar-refractivity contribution < 1.29 is 27.8 Å². The summed E-state index contributed by atoms with van der Waals surface area (Å²) in [5, 5.41) is 3.16. The highest BCUT2D eigenvalue weighted by atomic mass is 32.2. The molecule has 1 N–H and O–H groups in total. The third-order valence-electron chi connectivity index (χ3n) is 5.93. The third kappa shape index (κ3) is 6.69. The molecule has 2 aliphatic rings. The van der Waals surface area contributed by atoms with E-state index in [2.05, 4.69) is 5.32 Å². The molecule has 2 aliphatic heterocycles. The number of likely N-dealkylation sites (tertiary alicyclic amines) is 1. The van der Waals surface area contributed by atoms with Gasteiger partial charge in [0.15, 0.2) is 17.3 Å². The number of nitrogens with one attached hydrogen (secondary N) is 1. The fraction of sp³-hybridized carbons (Fsp3) is 0.407. The van der Waals surface area contributed by atoms with Crippen molar-refractivity contribution in [2.45, 2.75) is 44.9 Å². The Morgan fingerprint density at radius 2 is 1.82 bits per heavy atom. The highest BCUT2D eigenvalue weighted by Crippen LogP contribution is 2.36. The molecule has 0 unspecified atom stereocenters. The molecule has 1 fully saturated rings. The number of rotatable bonds is 5. The Balaban J connectivity index is 1.50. The third-order valence-corrected chi connectivity index (χ3v) is 6.90. The van der Waals surface area contributed by atoms with Gasteiger partial charge in [-0.1, -0.05) is 23.9 Å². The van der Waals surface area contributed by atoms with Crippen LogP contribution in [0.3, 0.4) is 0 Å². The van der Waals surface area contributed by atoms with Crippen LogP contribution >= 0.6 is 11.8 Å².